The van der Waals surface area contributed by atoms with Crippen LogP contribution < -0.4 is 10.2 Å². The molecule has 6 heteroatoms. The van der Waals surface area contributed by atoms with Gasteiger partial charge in [-0.25, -0.2) is 4.79 Å². The molecule has 2 aliphatic heterocycles. The highest BCUT2D eigenvalue weighted by molar-refractivity contribution is 6.11. The first-order valence-electron chi connectivity index (χ1n) is 8.53. The number of carbonyl (C=O) groups excluding carboxylic acids is 3. The summed E-state index contributed by atoms with van der Waals surface area (Å²) in [7, 11) is 1.29. The highest BCUT2D eigenvalue weighted by Crippen LogP contribution is 2.38. The molecule has 0 fully saturated rings. The second-order valence-corrected chi connectivity index (χ2v) is 6.43. The van der Waals surface area contributed by atoms with E-state index in [9.17, 15) is 14.4 Å². The van der Waals surface area contributed by atoms with Gasteiger partial charge < -0.3 is 15.0 Å². The summed E-state index contributed by atoms with van der Waals surface area (Å²) in [5.41, 5.74) is 4.34. The lowest BCUT2D eigenvalue weighted by Gasteiger charge is -2.25. The maximum Gasteiger partial charge on any atom is 0.338 e. The van der Waals surface area contributed by atoms with E-state index >= 15 is 0 Å². The molecule has 2 aromatic carbocycles. The number of methoxy groups -OCH3 is 1. The third-order valence-corrected chi connectivity index (χ3v) is 4.89. The first-order valence-corrected chi connectivity index (χ1v) is 8.53. The highest BCUT2D eigenvalue weighted by Gasteiger charge is 2.31. The number of benzene rings is 2. The molecule has 0 spiro atoms. The number of nitrogens with one attached hydrogen (secondary N) is 1. The van der Waals surface area contributed by atoms with E-state index in [1.165, 1.54) is 7.11 Å². The van der Waals surface area contributed by atoms with Gasteiger partial charge in [0.05, 0.1) is 23.9 Å². The molecule has 0 unspecified atom stereocenters. The molecule has 0 aromatic heterocycles. The Balaban J connectivity index is 1.65. The van der Waals surface area contributed by atoms with Gasteiger partial charge in [-0.3, -0.25) is 9.59 Å². The Morgan fingerprint density at radius 2 is 1.73 bits per heavy atom. The van der Waals surface area contributed by atoms with Gasteiger partial charge in [0, 0.05) is 18.7 Å². The third-order valence-electron chi connectivity index (χ3n) is 4.89. The summed E-state index contributed by atoms with van der Waals surface area (Å²) < 4.78 is 4.75. The van der Waals surface area contributed by atoms with Crippen molar-refractivity contribution in [3.63, 3.8) is 0 Å². The zero-order valence-corrected chi connectivity index (χ0v) is 14.4. The van der Waals surface area contributed by atoms with Gasteiger partial charge in [0.15, 0.2) is 0 Å². The zero-order valence-electron chi connectivity index (χ0n) is 14.4. The van der Waals surface area contributed by atoms with E-state index in [1.807, 2.05) is 17.0 Å². The Labute approximate surface area is 150 Å². The van der Waals surface area contributed by atoms with Crippen LogP contribution in [0.25, 0.3) is 0 Å². The molecule has 2 aliphatic rings. The van der Waals surface area contributed by atoms with Crippen molar-refractivity contribution in [2.24, 2.45) is 0 Å². The van der Waals surface area contributed by atoms with Crippen molar-refractivity contribution in [1.82, 2.24) is 0 Å². The number of hydrogen-bond acceptors (Lipinski definition) is 4. The second kappa shape index (κ2) is 6.29. The Hall–Kier alpha value is -3.15. The molecular weight excluding hydrogens is 332 g/mol. The van der Waals surface area contributed by atoms with Gasteiger partial charge in [0.1, 0.15) is 0 Å². The molecule has 0 radical (unpaired) electrons. The summed E-state index contributed by atoms with van der Waals surface area (Å²) in [6.45, 7) is 0.698. The standard InChI is InChI=1S/C20H18N2O4/c1-26-20(25)16-5-3-2-4-15(16)19(24)21-14-10-12-6-7-17(23)22-9-8-13(11-14)18(12)22/h2-5,10-11H,6-9H2,1H3,(H,21,24). The first-order chi connectivity index (χ1) is 12.6. The lowest BCUT2D eigenvalue weighted by molar-refractivity contribution is -0.118. The molecule has 0 atom stereocenters. The molecule has 0 saturated heterocycles. The first kappa shape index (κ1) is 16.3. The fraction of sp³-hybridized carbons (Fsp3) is 0.250. The maximum atomic E-state index is 12.7. The zero-order chi connectivity index (χ0) is 18.3. The molecule has 0 bridgehead atoms. The van der Waals surface area contributed by atoms with Gasteiger partial charge in [-0.2, -0.15) is 0 Å². The molecule has 2 amide bonds. The quantitative estimate of drug-likeness (QED) is 0.863. The van der Waals surface area contributed by atoms with Crippen molar-refractivity contribution in [3.8, 4) is 0 Å². The van der Waals surface area contributed by atoms with Crippen molar-refractivity contribution in [1.29, 1.82) is 0 Å². The SMILES string of the molecule is COC(=O)c1ccccc1C(=O)Nc1cc2c3c(c1)CCN3C(=O)CC2. The number of amides is 2. The molecule has 4 rings (SSSR count). The van der Waals surface area contributed by atoms with Gasteiger partial charge in [0.2, 0.25) is 5.91 Å². The lowest BCUT2D eigenvalue weighted by Crippen LogP contribution is -2.32. The molecule has 1 N–H and O–H groups in total. The van der Waals surface area contributed by atoms with Crippen LogP contribution in [0.1, 0.15) is 38.3 Å². The van der Waals surface area contributed by atoms with Gasteiger partial charge in [-0.05, 0) is 48.2 Å². The van der Waals surface area contributed by atoms with Crippen LogP contribution in [0.5, 0.6) is 0 Å². The minimum atomic E-state index is -0.547. The van der Waals surface area contributed by atoms with E-state index < -0.39 is 5.97 Å². The number of ether oxygens (including phenoxy) is 1. The van der Waals surface area contributed by atoms with Crippen molar-refractivity contribution < 1.29 is 19.1 Å². The van der Waals surface area contributed by atoms with Crippen LogP contribution in [0.4, 0.5) is 11.4 Å². The minimum absolute atomic E-state index is 0.167. The van der Waals surface area contributed by atoms with Gasteiger partial charge in [0.25, 0.3) is 5.91 Å². The predicted octanol–water partition coefficient (Wildman–Crippen LogP) is 2.56. The van der Waals surface area contributed by atoms with Gasteiger partial charge in [-0.15, -0.1) is 0 Å². The molecule has 132 valence electrons. The van der Waals surface area contributed by atoms with Crippen LogP contribution in [0.3, 0.4) is 0 Å². The maximum absolute atomic E-state index is 12.7. The molecule has 0 aliphatic carbocycles. The number of rotatable bonds is 3. The van der Waals surface area contributed by atoms with Crippen molar-refractivity contribution in [2.45, 2.75) is 19.3 Å². The van der Waals surface area contributed by atoms with Crippen LogP contribution in [-0.4, -0.2) is 31.4 Å². The number of esters is 1. The smallest absolute Gasteiger partial charge is 0.338 e. The highest BCUT2D eigenvalue weighted by atomic mass is 16.5. The Kier molecular flexibility index (Phi) is 3.95. The molecular formula is C20H18N2O4. The lowest BCUT2D eigenvalue weighted by atomic mass is 9.98. The van der Waals surface area contributed by atoms with E-state index in [1.54, 1.807) is 24.3 Å². The van der Waals surface area contributed by atoms with E-state index in [0.717, 1.165) is 23.2 Å². The van der Waals surface area contributed by atoms with E-state index in [4.69, 9.17) is 4.74 Å². The predicted molar refractivity (Wildman–Crippen MR) is 96.6 cm³/mol. The molecule has 2 aromatic rings. The summed E-state index contributed by atoms with van der Waals surface area (Å²) >= 11 is 0. The van der Waals surface area contributed by atoms with Crippen LogP contribution in [0.15, 0.2) is 36.4 Å². The fourth-order valence-electron chi connectivity index (χ4n) is 3.70. The van der Waals surface area contributed by atoms with Gasteiger partial charge in [-0.1, -0.05) is 12.1 Å². The number of anilines is 2. The topological polar surface area (TPSA) is 75.7 Å². The molecule has 2 heterocycles. The van der Waals surface area contributed by atoms with Crippen molar-refractivity contribution >= 4 is 29.2 Å². The summed E-state index contributed by atoms with van der Waals surface area (Å²) in [6.07, 6.45) is 1.96. The van der Waals surface area contributed by atoms with E-state index in [-0.39, 0.29) is 22.9 Å². The van der Waals surface area contributed by atoms with Crippen LogP contribution >= 0.6 is 0 Å². The Morgan fingerprint density at radius 3 is 2.46 bits per heavy atom. The van der Waals surface area contributed by atoms with Crippen LogP contribution in [-0.2, 0) is 22.4 Å². The van der Waals surface area contributed by atoms with Crippen LogP contribution in [0.2, 0.25) is 0 Å². The molecule has 6 nitrogen and oxygen atoms in total. The minimum Gasteiger partial charge on any atom is -0.465 e. The van der Waals surface area contributed by atoms with Crippen molar-refractivity contribution in [2.75, 3.05) is 23.9 Å². The largest absolute Gasteiger partial charge is 0.465 e. The summed E-state index contributed by atoms with van der Waals surface area (Å²) in [5, 5.41) is 2.88. The fourth-order valence-corrected chi connectivity index (χ4v) is 3.70. The Bertz CT molecular complexity index is 935. The van der Waals surface area contributed by atoms with Crippen LogP contribution in [0, 0.1) is 0 Å². The average Bonchev–Trinajstić information content (AvgIpc) is 3.09. The average molecular weight is 350 g/mol. The summed E-state index contributed by atoms with van der Waals surface area (Å²) in [6, 6.07) is 10.4. The Morgan fingerprint density at radius 1 is 1.04 bits per heavy atom. The number of carbonyl (C=O) groups is 3. The summed E-state index contributed by atoms with van der Waals surface area (Å²) in [5.74, 6) is -0.742. The number of aryl methyl sites for hydroxylation is 1. The summed E-state index contributed by atoms with van der Waals surface area (Å²) in [4.78, 5) is 38.4. The molecule has 26 heavy (non-hydrogen) atoms. The van der Waals surface area contributed by atoms with Crippen molar-refractivity contribution in [3.05, 3.63) is 58.7 Å². The molecule has 0 saturated carbocycles. The van der Waals surface area contributed by atoms with Gasteiger partial charge >= 0.3 is 5.97 Å². The number of nitrogens with zero attached hydrogens (tertiary/aromatic N) is 1. The van der Waals surface area contributed by atoms with E-state index in [2.05, 4.69) is 5.32 Å². The normalized spacial score (nSPS) is 14.8. The number of hydrogen-bond donors (Lipinski definition) is 1. The monoisotopic (exact) mass is 350 g/mol. The van der Waals surface area contributed by atoms with E-state index in [0.29, 0.717) is 25.1 Å². The second-order valence-electron chi connectivity index (χ2n) is 6.43. The third kappa shape index (κ3) is 2.63.